The van der Waals surface area contributed by atoms with Gasteiger partial charge in [-0.15, -0.1) is 0 Å². The predicted molar refractivity (Wildman–Crippen MR) is 66.5 cm³/mol. The van der Waals surface area contributed by atoms with Crippen LogP contribution < -0.4 is 5.32 Å². The van der Waals surface area contributed by atoms with E-state index in [1.54, 1.807) is 6.26 Å². The SMILES string of the molecule is OCC(CCSCc1ccco1)NC1CC1. The Morgan fingerprint density at radius 3 is 3.06 bits per heavy atom. The molecule has 0 aromatic carbocycles. The molecule has 1 aliphatic carbocycles. The van der Waals surface area contributed by atoms with Crippen LogP contribution in [0.2, 0.25) is 0 Å². The first-order chi connectivity index (χ1) is 7.88. The standard InChI is InChI=1S/C12H19NO2S/c14-8-11(13-10-3-4-10)5-7-16-9-12-2-1-6-15-12/h1-2,6,10-11,13-14H,3-5,7-9H2. The lowest BCUT2D eigenvalue weighted by molar-refractivity contribution is 0.239. The maximum Gasteiger partial charge on any atom is 0.113 e. The van der Waals surface area contributed by atoms with Crippen LogP contribution in [-0.4, -0.2) is 29.5 Å². The molecule has 0 spiro atoms. The van der Waals surface area contributed by atoms with Gasteiger partial charge in [-0.1, -0.05) is 0 Å². The highest BCUT2D eigenvalue weighted by Gasteiger charge is 2.23. The van der Waals surface area contributed by atoms with Gasteiger partial charge in [0.15, 0.2) is 0 Å². The topological polar surface area (TPSA) is 45.4 Å². The maximum atomic E-state index is 9.20. The van der Waals surface area contributed by atoms with Crippen LogP contribution in [0.5, 0.6) is 0 Å². The highest BCUT2D eigenvalue weighted by Crippen LogP contribution is 2.20. The van der Waals surface area contributed by atoms with Crippen LogP contribution in [-0.2, 0) is 5.75 Å². The molecule has 0 bridgehead atoms. The van der Waals surface area contributed by atoms with E-state index in [0.29, 0.717) is 6.04 Å². The van der Waals surface area contributed by atoms with Crippen molar-refractivity contribution in [2.75, 3.05) is 12.4 Å². The van der Waals surface area contributed by atoms with E-state index >= 15 is 0 Å². The summed E-state index contributed by atoms with van der Waals surface area (Å²) in [6, 6.07) is 4.86. The first-order valence-electron chi connectivity index (χ1n) is 5.85. The van der Waals surface area contributed by atoms with Gasteiger partial charge < -0.3 is 14.8 Å². The van der Waals surface area contributed by atoms with Crippen molar-refractivity contribution in [1.82, 2.24) is 5.32 Å². The Morgan fingerprint density at radius 1 is 1.56 bits per heavy atom. The molecule has 2 rings (SSSR count). The fraction of sp³-hybridized carbons (Fsp3) is 0.667. The Kier molecular flexibility index (Phi) is 4.75. The number of hydrogen-bond acceptors (Lipinski definition) is 4. The van der Waals surface area contributed by atoms with Crippen molar-refractivity contribution in [3.8, 4) is 0 Å². The summed E-state index contributed by atoms with van der Waals surface area (Å²) in [5.41, 5.74) is 0. The normalized spacial score (nSPS) is 17.6. The highest BCUT2D eigenvalue weighted by atomic mass is 32.2. The van der Waals surface area contributed by atoms with E-state index in [0.717, 1.165) is 23.7 Å². The molecule has 1 unspecified atom stereocenters. The fourth-order valence-corrected chi connectivity index (χ4v) is 2.56. The van der Waals surface area contributed by atoms with Gasteiger partial charge in [0.25, 0.3) is 0 Å². The summed E-state index contributed by atoms with van der Waals surface area (Å²) in [6.45, 7) is 0.248. The number of aliphatic hydroxyl groups is 1. The third-order valence-corrected chi connectivity index (χ3v) is 3.72. The van der Waals surface area contributed by atoms with Crippen LogP contribution in [0.3, 0.4) is 0 Å². The molecular formula is C12H19NO2S. The molecule has 0 radical (unpaired) electrons. The first-order valence-corrected chi connectivity index (χ1v) is 7.01. The molecule has 1 fully saturated rings. The number of hydrogen-bond donors (Lipinski definition) is 2. The summed E-state index contributed by atoms with van der Waals surface area (Å²) in [7, 11) is 0. The van der Waals surface area contributed by atoms with E-state index in [9.17, 15) is 5.11 Å². The van der Waals surface area contributed by atoms with Crippen molar-refractivity contribution in [1.29, 1.82) is 0 Å². The van der Waals surface area contributed by atoms with Gasteiger partial charge in [-0.25, -0.2) is 0 Å². The molecular weight excluding hydrogens is 222 g/mol. The van der Waals surface area contributed by atoms with Crippen molar-refractivity contribution in [2.45, 2.75) is 37.1 Å². The van der Waals surface area contributed by atoms with Gasteiger partial charge in [0.1, 0.15) is 5.76 Å². The van der Waals surface area contributed by atoms with E-state index in [2.05, 4.69) is 5.32 Å². The van der Waals surface area contributed by atoms with E-state index in [-0.39, 0.29) is 12.6 Å². The lowest BCUT2D eigenvalue weighted by Crippen LogP contribution is -2.34. The molecule has 0 amide bonds. The van der Waals surface area contributed by atoms with E-state index in [1.165, 1.54) is 12.8 Å². The Morgan fingerprint density at radius 2 is 2.44 bits per heavy atom. The van der Waals surface area contributed by atoms with Gasteiger partial charge in [-0.2, -0.15) is 11.8 Å². The molecule has 0 aliphatic heterocycles. The fourth-order valence-electron chi connectivity index (χ4n) is 1.60. The quantitative estimate of drug-likeness (QED) is 0.683. The smallest absolute Gasteiger partial charge is 0.113 e. The number of aliphatic hydroxyl groups excluding tert-OH is 1. The molecule has 16 heavy (non-hydrogen) atoms. The molecule has 1 saturated carbocycles. The zero-order valence-corrected chi connectivity index (χ0v) is 10.2. The van der Waals surface area contributed by atoms with Gasteiger partial charge in [-0.3, -0.25) is 0 Å². The number of furan rings is 1. The van der Waals surface area contributed by atoms with Crippen LogP contribution in [0.25, 0.3) is 0 Å². The second-order valence-electron chi connectivity index (χ2n) is 4.24. The van der Waals surface area contributed by atoms with Crippen molar-refractivity contribution in [2.24, 2.45) is 0 Å². The maximum absolute atomic E-state index is 9.20. The lowest BCUT2D eigenvalue weighted by Gasteiger charge is -2.15. The van der Waals surface area contributed by atoms with Crippen molar-refractivity contribution >= 4 is 11.8 Å². The van der Waals surface area contributed by atoms with Gasteiger partial charge in [0, 0.05) is 12.1 Å². The van der Waals surface area contributed by atoms with E-state index in [1.807, 2.05) is 23.9 Å². The Hall–Kier alpha value is -0.450. The highest BCUT2D eigenvalue weighted by molar-refractivity contribution is 7.98. The van der Waals surface area contributed by atoms with Gasteiger partial charge in [0.2, 0.25) is 0 Å². The van der Waals surface area contributed by atoms with Gasteiger partial charge in [0.05, 0.1) is 18.6 Å². The van der Waals surface area contributed by atoms with Crippen LogP contribution in [0, 0.1) is 0 Å². The molecule has 2 N–H and O–H groups in total. The summed E-state index contributed by atoms with van der Waals surface area (Å²) >= 11 is 1.86. The molecule has 0 saturated heterocycles. The van der Waals surface area contributed by atoms with Gasteiger partial charge in [-0.05, 0) is 37.1 Å². The predicted octanol–water partition coefficient (Wildman–Crippen LogP) is 2.02. The van der Waals surface area contributed by atoms with Crippen molar-refractivity contribution < 1.29 is 9.52 Å². The molecule has 1 aliphatic rings. The number of thioether (sulfide) groups is 1. The molecule has 90 valence electrons. The Balaban J connectivity index is 1.55. The van der Waals surface area contributed by atoms with Crippen LogP contribution in [0.1, 0.15) is 25.0 Å². The van der Waals surface area contributed by atoms with Crippen molar-refractivity contribution in [3.05, 3.63) is 24.2 Å². The number of nitrogens with one attached hydrogen (secondary N) is 1. The zero-order chi connectivity index (χ0) is 11.2. The lowest BCUT2D eigenvalue weighted by atomic mass is 10.2. The molecule has 1 heterocycles. The zero-order valence-electron chi connectivity index (χ0n) is 9.39. The van der Waals surface area contributed by atoms with Crippen LogP contribution >= 0.6 is 11.8 Å². The average Bonchev–Trinajstić information content (AvgIpc) is 2.96. The Labute approximate surface area is 101 Å². The summed E-state index contributed by atoms with van der Waals surface area (Å²) in [5, 5.41) is 12.6. The second kappa shape index (κ2) is 6.33. The van der Waals surface area contributed by atoms with Crippen molar-refractivity contribution in [3.63, 3.8) is 0 Å². The third kappa shape index (κ3) is 4.20. The second-order valence-corrected chi connectivity index (χ2v) is 5.35. The summed E-state index contributed by atoms with van der Waals surface area (Å²) in [4.78, 5) is 0. The molecule has 1 atom stereocenters. The molecule has 1 aromatic rings. The molecule has 3 nitrogen and oxygen atoms in total. The van der Waals surface area contributed by atoms with Gasteiger partial charge >= 0.3 is 0 Å². The summed E-state index contributed by atoms with van der Waals surface area (Å²) in [6.07, 6.45) is 5.28. The average molecular weight is 241 g/mol. The van der Waals surface area contributed by atoms with E-state index in [4.69, 9.17) is 4.42 Å². The monoisotopic (exact) mass is 241 g/mol. The number of rotatable bonds is 8. The third-order valence-electron chi connectivity index (χ3n) is 2.70. The Bertz CT molecular complexity index is 285. The van der Waals surface area contributed by atoms with Crippen LogP contribution in [0.15, 0.2) is 22.8 Å². The minimum Gasteiger partial charge on any atom is -0.468 e. The first kappa shape index (κ1) is 12.0. The van der Waals surface area contributed by atoms with Crippen LogP contribution in [0.4, 0.5) is 0 Å². The summed E-state index contributed by atoms with van der Waals surface area (Å²) < 4.78 is 5.26. The molecule has 1 aromatic heterocycles. The van der Waals surface area contributed by atoms with E-state index < -0.39 is 0 Å². The largest absolute Gasteiger partial charge is 0.468 e. The molecule has 4 heteroatoms. The summed E-state index contributed by atoms with van der Waals surface area (Å²) in [5.74, 6) is 3.01. The minimum atomic E-state index is 0.248. The minimum absolute atomic E-state index is 0.248.